The number of hydrogen-bond donors (Lipinski definition) is 1. The molecule has 1 aliphatic heterocycles. The van der Waals surface area contributed by atoms with Crippen LogP contribution in [-0.4, -0.2) is 51.7 Å². The highest BCUT2D eigenvalue weighted by Crippen LogP contribution is 2.34. The Kier molecular flexibility index (Phi) is 6.77. The molecule has 0 saturated carbocycles. The summed E-state index contributed by atoms with van der Waals surface area (Å²) in [5, 5.41) is 8.30. The van der Waals surface area contributed by atoms with E-state index >= 15 is 0 Å². The van der Waals surface area contributed by atoms with Crippen LogP contribution in [0, 0.1) is 17.2 Å². The molecule has 0 spiro atoms. The summed E-state index contributed by atoms with van der Waals surface area (Å²) in [6.45, 7) is 5.24. The zero-order valence-corrected chi connectivity index (χ0v) is 16.3. The lowest BCUT2D eigenvalue weighted by Crippen LogP contribution is -2.36. The van der Waals surface area contributed by atoms with Crippen molar-refractivity contribution in [2.75, 3.05) is 39.3 Å². The summed E-state index contributed by atoms with van der Waals surface area (Å²) in [6.07, 6.45) is 1.48. The zero-order valence-electron chi connectivity index (χ0n) is 16.3. The van der Waals surface area contributed by atoms with Crippen LogP contribution >= 0.6 is 0 Å². The maximum Gasteiger partial charge on any atom is 0.309 e. The van der Waals surface area contributed by atoms with E-state index in [0.29, 0.717) is 18.7 Å². The molecule has 2 rings (SSSR count). The van der Waals surface area contributed by atoms with Crippen molar-refractivity contribution in [1.29, 1.82) is 5.41 Å². The Morgan fingerprint density at radius 3 is 2.77 bits per heavy atom. The molecule has 1 heterocycles. The van der Waals surface area contributed by atoms with Crippen LogP contribution in [0.25, 0.3) is 0 Å². The molecule has 1 aliphatic rings. The molecule has 0 radical (unpaired) electrons. The van der Waals surface area contributed by atoms with Crippen molar-refractivity contribution in [2.45, 2.75) is 26.7 Å². The Morgan fingerprint density at radius 2 is 2.19 bits per heavy atom. The van der Waals surface area contributed by atoms with E-state index < -0.39 is 11.8 Å². The number of carbonyl (C=O) groups is 1. The largest absolute Gasteiger partial charge is 0.490 e. The molecule has 0 fully saturated rings. The van der Waals surface area contributed by atoms with E-state index in [9.17, 15) is 4.79 Å². The first-order chi connectivity index (χ1) is 12.4. The van der Waals surface area contributed by atoms with Crippen molar-refractivity contribution in [3.8, 4) is 5.75 Å². The number of nitrogens with zero attached hydrogens (tertiary/aromatic N) is 2. The minimum atomic E-state index is -0.416. The van der Waals surface area contributed by atoms with Crippen LogP contribution in [-0.2, 0) is 9.53 Å². The summed E-state index contributed by atoms with van der Waals surface area (Å²) in [5.41, 5.74) is 3.05. The smallest absolute Gasteiger partial charge is 0.309 e. The monoisotopic (exact) mass is 359 g/mol. The fraction of sp³-hybridized carbons (Fsp3) is 0.550. The molecule has 0 aromatic heterocycles. The molecular formula is C20H29N3O3. The quantitative estimate of drug-likeness (QED) is 0.599. The minimum absolute atomic E-state index is 0.293. The third kappa shape index (κ3) is 4.06. The highest BCUT2D eigenvalue weighted by atomic mass is 16.5. The van der Waals surface area contributed by atoms with Crippen LogP contribution in [0.15, 0.2) is 23.2 Å². The normalized spacial score (nSPS) is 16.3. The van der Waals surface area contributed by atoms with Gasteiger partial charge in [-0.1, -0.05) is 19.4 Å². The Hall–Kier alpha value is -2.37. The van der Waals surface area contributed by atoms with Crippen LogP contribution < -0.4 is 9.64 Å². The van der Waals surface area contributed by atoms with Crippen molar-refractivity contribution < 1.29 is 14.3 Å². The predicted molar refractivity (Wildman–Crippen MR) is 105 cm³/mol. The van der Waals surface area contributed by atoms with Crippen LogP contribution in [0.3, 0.4) is 0 Å². The van der Waals surface area contributed by atoms with E-state index in [1.165, 1.54) is 7.11 Å². The van der Waals surface area contributed by atoms with Gasteiger partial charge in [0.25, 0.3) is 0 Å². The number of rotatable bonds is 7. The molecule has 1 N–H and O–H groups in total. The summed E-state index contributed by atoms with van der Waals surface area (Å²) in [6, 6.07) is 5.96. The van der Waals surface area contributed by atoms with E-state index in [1.807, 2.05) is 32.2 Å². The number of aliphatic imine (C=N–C) groups is 1. The maximum absolute atomic E-state index is 12.4. The Bertz CT molecular complexity index is 700. The second-order valence-electron chi connectivity index (χ2n) is 6.64. The van der Waals surface area contributed by atoms with Crippen LogP contribution in [0.1, 0.15) is 32.3 Å². The van der Waals surface area contributed by atoms with Crippen molar-refractivity contribution in [1.82, 2.24) is 0 Å². The first kappa shape index (κ1) is 19.9. The van der Waals surface area contributed by atoms with Gasteiger partial charge in [0.15, 0.2) is 0 Å². The number of anilines is 1. The average Bonchev–Trinajstić information content (AvgIpc) is 2.63. The van der Waals surface area contributed by atoms with Gasteiger partial charge in [0.05, 0.1) is 36.9 Å². The van der Waals surface area contributed by atoms with Crippen molar-refractivity contribution in [3.05, 3.63) is 23.8 Å². The number of benzene rings is 1. The maximum atomic E-state index is 12.4. The molecule has 0 bridgehead atoms. The summed E-state index contributed by atoms with van der Waals surface area (Å²) in [4.78, 5) is 19.0. The molecule has 2 unspecified atom stereocenters. The first-order valence-corrected chi connectivity index (χ1v) is 9.02. The lowest BCUT2D eigenvalue weighted by molar-refractivity contribution is -0.146. The number of carbonyl (C=O) groups excluding carboxylic acids is 1. The molecule has 0 saturated heterocycles. The minimum Gasteiger partial charge on any atom is -0.490 e. The van der Waals surface area contributed by atoms with E-state index in [0.717, 1.165) is 35.7 Å². The number of esters is 1. The van der Waals surface area contributed by atoms with Gasteiger partial charge in [0, 0.05) is 19.8 Å². The molecule has 26 heavy (non-hydrogen) atoms. The molecule has 6 heteroatoms. The number of nitrogens with one attached hydrogen (secondary N) is 1. The van der Waals surface area contributed by atoms with Crippen LogP contribution in [0.4, 0.5) is 5.69 Å². The van der Waals surface area contributed by atoms with Crippen molar-refractivity contribution in [2.24, 2.45) is 16.8 Å². The molecule has 1 aromatic carbocycles. The lowest BCUT2D eigenvalue weighted by atomic mass is 9.79. The van der Waals surface area contributed by atoms with Crippen molar-refractivity contribution in [3.63, 3.8) is 0 Å². The second kappa shape index (κ2) is 8.83. The van der Waals surface area contributed by atoms with Gasteiger partial charge in [0.1, 0.15) is 12.4 Å². The lowest BCUT2D eigenvalue weighted by Gasteiger charge is -2.29. The number of fused-ring (bicyclic) bond motifs is 1. The Labute approximate surface area is 155 Å². The van der Waals surface area contributed by atoms with E-state index in [-0.39, 0.29) is 5.97 Å². The van der Waals surface area contributed by atoms with Crippen LogP contribution in [0.2, 0.25) is 0 Å². The van der Waals surface area contributed by atoms with Gasteiger partial charge in [-0.25, -0.2) is 0 Å². The number of likely N-dealkylation sites (N-methyl/N-ethyl adjacent to an activating group) is 1. The summed E-state index contributed by atoms with van der Waals surface area (Å²) < 4.78 is 10.8. The molecule has 6 nitrogen and oxygen atoms in total. The molecule has 0 aliphatic carbocycles. The van der Waals surface area contributed by atoms with Crippen LogP contribution in [0.5, 0.6) is 5.75 Å². The van der Waals surface area contributed by atoms with Gasteiger partial charge in [0.2, 0.25) is 0 Å². The summed E-state index contributed by atoms with van der Waals surface area (Å²) >= 11 is 0. The average molecular weight is 359 g/mol. The first-order valence-electron chi connectivity index (χ1n) is 9.02. The standard InChI is InChI=1S/C20H29N3O3/c1-6-7-15(20(24)25-5)18(13(2)21)19(22-3)14-8-9-16-17(12-14)26-11-10-23(16)4/h8-9,12,15,18,21H,6-7,10-11H2,1-5H3. The summed E-state index contributed by atoms with van der Waals surface area (Å²) in [5.74, 6) is -0.310. The van der Waals surface area contributed by atoms with Gasteiger partial charge < -0.3 is 19.8 Å². The van der Waals surface area contributed by atoms with Gasteiger partial charge in [-0.3, -0.25) is 9.79 Å². The summed E-state index contributed by atoms with van der Waals surface area (Å²) in [7, 11) is 5.14. The highest BCUT2D eigenvalue weighted by Gasteiger charge is 2.34. The molecular weight excluding hydrogens is 330 g/mol. The Morgan fingerprint density at radius 1 is 1.46 bits per heavy atom. The number of ether oxygens (including phenoxy) is 2. The Balaban J connectivity index is 2.46. The molecule has 0 amide bonds. The third-order valence-electron chi connectivity index (χ3n) is 4.86. The molecule has 1 aromatic rings. The van der Waals surface area contributed by atoms with E-state index in [4.69, 9.17) is 14.9 Å². The predicted octanol–water partition coefficient (Wildman–Crippen LogP) is 3.18. The number of hydrogen-bond acceptors (Lipinski definition) is 6. The zero-order chi connectivity index (χ0) is 19.3. The SMILES string of the molecule is CCCC(C(=O)OC)C(C(C)=N)C(=NC)c1ccc2c(c1)OCCN2C. The van der Waals surface area contributed by atoms with Gasteiger partial charge in [-0.05, 0) is 31.0 Å². The van der Waals surface area contributed by atoms with Gasteiger partial charge >= 0.3 is 5.97 Å². The topological polar surface area (TPSA) is 75.0 Å². The van der Waals surface area contributed by atoms with Gasteiger partial charge in [-0.2, -0.15) is 0 Å². The highest BCUT2D eigenvalue weighted by molar-refractivity contribution is 6.16. The molecule has 2 atom stereocenters. The van der Waals surface area contributed by atoms with E-state index in [1.54, 1.807) is 14.0 Å². The fourth-order valence-corrected chi connectivity index (χ4v) is 3.55. The number of methoxy groups -OCH3 is 1. The third-order valence-corrected chi connectivity index (χ3v) is 4.86. The van der Waals surface area contributed by atoms with E-state index in [2.05, 4.69) is 9.89 Å². The second-order valence-corrected chi connectivity index (χ2v) is 6.64. The van der Waals surface area contributed by atoms with Crippen molar-refractivity contribution >= 4 is 23.1 Å². The van der Waals surface area contributed by atoms with Gasteiger partial charge in [-0.15, -0.1) is 0 Å². The fourth-order valence-electron chi connectivity index (χ4n) is 3.55. The molecule has 142 valence electrons.